The predicted molar refractivity (Wildman–Crippen MR) is 111 cm³/mol. The van der Waals surface area contributed by atoms with E-state index in [1.165, 1.54) is 11.2 Å². The summed E-state index contributed by atoms with van der Waals surface area (Å²) in [5.74, 6) is -0.0178. The van der Waals surface area contributed by atoms with E-state index in [0.717, 1.165) is 11.3 Å². The molecule has 9 heteroatoms. The van der Waals surface area contributed by atoms with Gasteiger partial charge in [-0.05, 0) is 50.1 Å². The molecule has 2 aliphatic heterocycles. The molecule has 2 heterocycles. The smallest absolute Gasteiger partial charge is 0.243 e. The van der Waals surface area contributed by atoms with E-state index < -0.39 is 10.0 Å². The maximum Gasteiger partial charge on any atom is 0.243 e. The second kappa shape index (κ2) is 8.41. The standard InChI is InChI=1S/C20H30N4O4S/c1-15-12-17-13-18(6-7-19(17)24(15)16(2)25)29(27,28)23-9-5-8-22(10-11-23)14-20(26)21(3)4/h6-7,13,15H,5,8-12,14H2,1-4H3. The second-order valence-corrected chi connectivity index (χ2v) is 9.99. The Morgan fingerprint density at radius 1 is 1.14 bits per heavy atom. The van der Waals surface area contributed by atoms with Gasteiger partial charge < -0.3 is 9.80 Å². The van der Waals surface area contributed by atoms with Crippen molar-refractivity contribution in [2.24, 2.45) is 0 Å². The fourth-order valence-corrected chi connectivity index (χ4v) is 5.60. The van der Waals surface area contributed by atoms with Crippen LogP contribution in [-0.2, 0) is 26.0 Å². The van der Waals surface area contributed by atoms with Gasteiger partial charge in [-0.3, -0.25) is 14.5 Å². The Hall–Kier alpha value is -1.97. The number of anilines is 1. The van der Waals surface area contributed by atoms with E-state index in [-0.39, 0.29) is 22.8 Å². The minimum absolute atomic E-state index is 0.0177. The van der Waals surface area contributed by atoms with Crippen LogP contribution in [0.25, 0.3) is 0 Å². The molecule has 2 aliphatic rings. The van der Waals surface area contributed by atoms with Gasteiger partial charge in [0, 0.05) is 52.4 Å². The Morgan fingerprint density at radius 2 is 1.86 bits per heavy atom. The number of nitrogens with zero attached hydrogens (tertiary/aromatic N) is 4. The van der Waals surface area contributed by atoms with Gasteiger partial charge in [0.2, 0.25) is 21.8 Å². The van der Waals surface area contributed by atoms with E-state index in [9.17, 15) is 18.0 Å². The van der Waals surface area contributed by atoms with E-state index in [2.05, 4.69) is 0 Å². The molecule has 1 saturated heterocycles. The molecular formula is C20H30N4O4S. The SMILES string of the molecule is CC(=O)N1c2ccc(S(=O)(=O)N3CCCN(CC(=O)N(C)C)CC3)cc2CC1C. The van der Waals surface area contributed by atoms with Gasteiger partial charge in [0.25, 0.3) is 0 Å². The number of sulfonamides is 1. The Morgan fingerprint density at radius 3 is 2.52 bits per heavy atom. The molecule has 3 rings (SSSR count). The number of fused-ring (bicyclic) bond motifs is 1. The van der Waals surface area contributed by atoms with E-state index in [4.69, 9.17) is 0 Å². The molecule has 0 aliphatic carbocycles. The molecule has 2 amide bonds. The lowest BCUT2D eigenvalue weighted by molar-refractivity contribution is -0.129. The third-order valence-electron chi connectivity index (χ3n) is 5.65. The van der Waals surface area contributed by atoms with Crippen molar-refractivity contribution >= 4 is 27.5 Å². The van der Waals surface area contributed by atoms with Crippen molar-refractivity contribution in [2.45, 2.75) is 37.6 Å². The summed E-state index contributed by atoms with van der Waals surface area (Å²) in [4.78, 5) is 29.4. The number of hydrogen-bond donors (Lipinski definition) is 0. The summed E-state index contributed by atoms with van der Waals surface area (Å²) in [6.45, 7) is 5.81. The van der Waals surface area contributed by atoms with Crippen LogP contribution < -0.4 is 4.90 Å². The summed E-state index contributed by atoms with van der Waals surface area (Å²) >= 11 is 0. The third kappa shape index (κ3) is 4.46. The third-order valence-corrected chi connectivity index (χ3v) is 7.54. The molecule has 8 nitrogen and oxygen atoms in total. The van der Waals surface area contributed by atoms with Crippen molar-refractivity contribution in [1.82, 2.24) is 14.1 Å². The molecule has 0 aromatic heterocycles. The minimum Gasteiger partial charge on any atom is -0.348 e. The molecule has 0 bridgehead atoms. The van der Waals surface area contributed by atoms with Gasteiger partial charge >= 0.3 is 0 Å². The predicted octanol–water partition coefficient (Wildman–Crippen LogP) is 0.769. The first-order chi connectivity index (χ1) is 13.6. The van der Waals surface area contributed by atoms with Crippen molar-refractivity contribution in [3.63, 3.8) is 0 Å². The van der Waals surface area contributed by atoms with Gasteiger partial charge in [-0.1, -0.05) is 0 Å². The summed E-state index contributed by atoms with van der Waals surface area (Å²) in [7, 11) is -0.180. The number of likely N-dealkylation sites (N-methyl/N-ethyl adjacent to an activating group) is 1. The Kier molecular flexibility index (Phi) is 6.30. The first-order valence-electron chi connectivity index (χ1n) is 9.96. The highest BCUT2D eigenvalue weighted by molar-refractivity contribution is 7.89. The van der Waals surface area contributed by atoms with Gasteiger partial charge in [0.15, 0.2) is 0 Å². The molecule has 29 heavy (non-hydrogen) atoms. The summed E-state index contributed by atoms with van der Waals surface area (Å²) in [5.41, 5.74) is 1.69. The van der Waals surface area contributed by atoms with Crippen molar-refractivity contribution in [3.8, 4) is 0 Å². The molecule has 1 aromatic carbocycles. The number of amides is 2. The molecule has 1 unspecified atom stereocenters. The second-order valence-electron chi connectivity index (χ2n) is 8.05. The van der Waals surface area contributed by atoms with Crippen molar-refractivity contribution < 1.29 is 18.0 Å². The lowest BCUT2D eigenvalue weighted by Gasteiger charge is -2.23. The molecule has 1 fully saturated rings. The average Bonchev–Trinajstić information content (AvgIpc) is 2.80. The molecule has 0 saturated carbocycles. The number of rotatable bonds is 4. The van der Waals surface area contributed by atoms with Crippen LogP contribution in [0.2, 0.25) is 0 Å². The first-order valence-corrected chi connectivity index (χ1v) is 11.4. The van der Waals surface area contributed by atoms with Gasteiger partial charge in [-0.25, -0.2) is 8.42 Å². The Bertz CT molecular complexity index is 900. The molecule has 0 N–H and O–H groups in total. The molecule has 1 atom stereocenters. The highest BCUT2D eigenvalue weighted by Crippen LogP contribution is 2.34. The fraction of sp³-hybridized carbons (Fsp3) is 0.600. The Balaban J connectivity index is 1.76. The quantitative estimate of drug-likeness (QED) is 0.716. The number of benzene rings is 1. The fourth-order valence-electron chi connectivity index (χ4n) is 4.08. The van der Waals surface area contributed by atoms with E-state index in [1.807, 2.05) is 11.8 Å². The zero-order chi connectivity index (χ0) is 21.3. The van der Waals surface area contributed by atoms with Crippen LogP contribution >= 0.6 is 0 Å². The summed E-state index contributed by atoms with van der Waals surface area (Å²) in [6, 6.07) is 5.08. The van der Waals surface area contributed by atoms with Crippen LogP contribution in [-0.4, -0.2) is 87.2 Å². The molecule has 160 valence electrons. The molecule has 1 aromatic rings. The van der Waals surface area contributed by atoms with Gasteiger partial charge in [0.05, 0.1) is 11.4 Å². The van der Waals surface area contributed by atoms with Crippen LogP contribution in [0.3, 0.4) is 0 Å². The van der Waals surface area contributed by atoms with Crippen LogP contribution in [0.15, 0.2) is 23.1 Å². The van der Waals surface area contributed by atoms with Crippen molar-refractivity contribution in [3.05, 3.63) is 23.8 Å². The lowest BCUT2D eigenvalue weighted by atomic mass is 10.1. The first kappa shape index (κ1) is 21.7. The Labute approximate surface area is 173 Å². The number of carbonyl (C=O) groups is 2. The summed E-state index contributed by atoms with van der Waals surface area (Å²) in [6.07, 6.45) is 1.33. The van der Waals surface area contributed by atoms with Gasteiger partial charge in [0.1, 0.15) is 0 Å². The summed E-state index contributed by atoms with van der Waals surface area (Å²) < 4.78 is 28.0. The van der Waals surface area contributed by atoms with Crippen LogP contribution in [0, 0.1) is 0 Å². The minimum atomic E-state index is -3.62. The number of hydrogen-bond acceptors (Lipinski definition) is 5. The van der Waals surface area contributed by atoms with Crippen LogP contribution in [0.5, 0.6) is 0 Å². The maximum absolute atomic E-state index is 13.2. The largest absolute Gasteiger partial charge is 0.348 e. The maximum atomic E-state index is 13.2. The van der Waals surface area contributed by atoms with E-state index >= 15 is 0 Å². The molecule has 0 radical (unpaired) electrons. The topological polar surface area (TPSA) is 81.2 Å². The average molecular weight is 423 g/mol. The summed E-state index contributed by atoms with van der Waals surface area (Å²) in [5, 5.41) is 0. The lowest BCUT2D eigenvalue weighted by Crippen LogP contribution is -2.39. The molecule has 0 spiro atoms. The van der Waals surface area contributed by atoms with Gasteiger partial charge in [-0.15, -0.1) is 0 Å². The zero-order valence-corrected chi connectivity index (χ0v) is 18.4. The van der Waals surface area contributed by atoms with E-state index in [0.29, 0.717) is 45.6 Å². The highest BCUT2D eigenvalue weighted by Gasteiger charge is 2.32. The monoisotopic (exact) mass is 422 g/mol. The zero-order valence-electron chi connectivity index (χ0n) is 17.6. The molecular weight excluding hydrogens is 392 g/mol. The van der Waals surface area contributed by atoms with Gasteiger partial charge in [-0.2, -0.15) is 4.31 Å². The van der Waals surface area contributed by atoms with Crippen LogP contribution in [0.4, 0.5) is 5.69 Å². The highest BCUT2D eigenvalue weighted by atomic mass is 32.2. The van der Waals surface area contributed by atoms with E-state index in [1.54, 1.807) is 42.1 Å². The van der Waals surface area contributed by atoms with Crippen molar-refractivity contribution in [2.75, 3.05) is 51.7 Å². The number of carbonyl (C=O) groups excluding carboxylic acids is 2. The van der Waals surface area contributed by atoms with Crippen molar-refractivity contribution in [1.29, 1.82) is 0 Å². The normalized spacial score (nSPS) is 21.0. The van der Waals surface area contributed by atoms with Crippen LogP contribution in [0.1, 0.15) is 25.8 Å².